The Labute approximate surface area is 148 Å². The molecule has 25 heavy (non-hydrogen) atoms. The van der Waals surface area contributed by atoms with Crippen LogP contribution < -0.4 is 5.32 Å². The Bertz CT molecular complexity index is 826. The van der Waals surface area contributed by atoms with Gasteiger partial charge < -0.3 is 9.88 Å². The van der Waals surface area contributed by atoms with Crippen molar-refractivity contribution in [2.24, 2.45) is 24.3 Å². The van der Waals surface area contributed by atoms with Gasteiger partial charge in [-0.15, -0.1) is 0 Å². The summed E-state index contributed by atoms with van der Waals surface area (Å²) in [5.74, 6) is 1.48. The molecule has 132 valence electrons. The maximum absolute atomic E-state index is 12.4. The third-order valence-electron chi connectivity index (χ3n) is 6.31. The van der Waals surface area contributed by atoms with Gasteiger partial charge >= 0.3 is 0 Å². The lowest BCUT2D eigenvalue weighted by molar-refractivity contribution is -0.00811. The van der Waals surface area contributed by atoms with E-state index >= 15 is 0 Å². The van der Waals surface area contributed by atoms with E-state index < -0.39 is 0 Å². The highest BCUT2D eigenvalue weighted by Crippen LogP contribution is 2.59. The summed E-state index contributed by atoms with van der Waals surface area (Å²) in [4.78, 5) is 12.4. The minimum Gasteiger partial charge on any atom is -0.350 e. The van der Waals surface area contributed by atoms with Crippen molar-refractivity contribution in [1.82, 2.24) is 20.1 Å². The van der Waals surface area contributed by atoms with Crippen molar-refractivity contribution in [2.45, 2.75) is 33.1 Å². The summed E-state index contributed by atoms with van der Waals surface area (Å²) in [6.45, 7) is 5.45. The highest BCUT2D eigenvalue weighted by Gasteiger charge is 2.50. The molecule has 0 unspecified atom stereocenters. The van der Waals surface area contributed by atoms with Crippen molar-refractivity contribution < 1.29 is 4.79 Å². The van der Waals surface area contributed by atoms with Gasteiger partial charge in [0, 0.05) is 19.8 Å². The Kier molecular flexibility index (Phi) is 3.82. The van der Waals surface area contributed by atoms with Crippen molar-refractivity contribution >= 4 is 5.91 Å². The van der Waals surface area contributed by atoms with Crippen molar-refractivity contribution in [3.63, 3.8) is 0 Å². The number of rotatable bonds is 5. The summed E-state index contributed by atoms with van der Waals surface area (Å²) in [5, 5.41) is 10.1. The van der Waals surface area contributed by atoms with Crippen LogP contribution in [-0.2, 0) is 7.05 Å². The molecule has 0 aliphatic heterocycles. The van der Waals surface area contributed by atoms with Gasteiger partial charge in [-0.05, 0) is 54.7 Å². The number of allylic oxidation sites excluding steroid dienone is 1. The minimum atomic E-state index is -0.0879. The first-order chi connectivity index (χ1) is 12.0. The van der Waals surface area contributed by atoms with Crippen LogP contribution in [0.25, 0.3) is 11.4 Å². The third kappa shape index (κ3) is 2.71. The van der Waals surface area contributed by atoms with E-state index in [2.05, 4.69) is 35.4 Å². The number of aromatic amines is 1. The van der Waals surface area contributed by atoms with Crippen LogP contribution in [-0.4, -0.2) is 27.2 Å². The molecule has 0 radical (unpaired) electrons. The molecule has 0 saturated heterocycles. The highest BCUT2D eigenvalue weighted by atomic mass is 16.1. The van der Waals surface area contributed by atoms with Gasteiger partial charge in [-0.2, -0.15) is 5.10 Å². The molecule has 5 heteroatoms. The molecule has 1 amide bonds. The van der Waals surface area contributed by atoms with Crippen LogP contribution in [0.3, 0.4) is 0 Å². The fraction of sp³-hybridized carbons (Fsp3) is 0.500. The first kappa shape index (κ1) is 16.2. The van der Waals surface area contributed by atoms with E-state index in [1.54, 1.807) is 0 Å². The largest absolute Gasteiger partial charge is 0.350 e. The first-order valence-corrected chi connectivity index (χ1v) is 9.11. The van der Waals surface area contributed by atoms with E-state index in [1.165, 1.54) is 18.4 Å². The fourth-order valence-electron chi connectivity index (χ4n) is 4.47. The summed E-state index contributed by atoms with van der Waals surface area (Å²) < 4.78 is 1.99. The lowest BCUT2D eigenvalue weighted by Gasteiger charge is -2.56. The van der Waals surface area contributed by atoms with Crippen LogP contribution in [0.5, 0.6) is 0 Å². The molecule has 0 aromatic carbocycles. The molecule has 5 nitrogen and oxygen atoms in total. The zero-order valence-electron chi connectivity index (χ0n) is 15.2. The number of fused-ring (bicyclic) bond motifs is 1. The quantitative estimate of drug-likeness (QED) is 0.819. The zero-order valence-corrected chi connectivity index (χ0v) is 15.2. The molecule has 2 atom stereocenters. The standard InChI is InChI=1S/C20H26N4O/c1-20(2)14-7-6-13(15(20)11-14)8-9-21-19(25)17-12-16(22-23-17)18-5-4-10-24(18)3/h4-6,10,12,14-15H,7-9,11H2,1-3H3,(H,21,25)(H,22,23)/t14-,15-/m0/s1. The Morgan fingerprint density at radius 2 is 2.32 bits per heavy atom. The van der Waals surface area contributed by atoms with Gasteiger partial charge in [-0.25, -0.2) is 0 Å². The SMILES string of the molecule is Cn1cccc1-c1cc(C(=O)NCCC2=CC[C@H]3C[C@@H]2C3(C)C)[nH]n1. The normalized spacial score (nSPS) is 23.7. The number of nitrogens with one attached hydrogen (secondary N) is 2. The average molecular weight is 338 g/mol. The number of carbonyl (C=O) groups excluding carboxylic acids is 1. The Morgan fingerprint density at radius 3 is 3.00 bits per heavy atom. The molecule has 0 spiro atoms. The maximum Gasteiger partial charge on any atom is 0.269 e. The van der Waals surface area contributed by atoms with Crippen LogP contribution in [0.2, 0.25) is 0 Å². The average Bonchev–Trinajstić information content (AvgIpc) is 3.23. The van der Waals surface area contributed by atoms with E-state index in [1.807, 2.05) is 36.0 Å². The predicted octanol–water partition coefficient (Wildman–Crippen LogP) is 3.53. The van der Waals surface area contributed by atoms with Gasteiger partial charge in [0.05, 0.1) is 5.69 Å². The molecular weight excluding hydrogens is 312 g/mol. The molecule has 5 rings (SSSR count). The molecule has 2 bridgehead atoms. The maximum atomic E-state index is 12.4. The van der Waals surface area contributed by atoms with E-state index in [0.717, 1.165) is 23.7 Å². The van der Waals surface area contributed by atoms with Crippen LogP contribution in [0.4, 0.5) is 0 Å². The second-order valence-corrected chi connectivity index (χ2v) is 8.00. The molecule has 2 heterocycles. The number of hydrogen-bond donors (Lipinski definition) is 2. The van der Waals surface area contributed by atoms with E-state index in [9.17, 15) is 4.79 Å². The number of hydrogen-bond acceptors (Lipinski definition) is 2. The number of H-pyrrole nitrogens is 1. The van der Waals surface area contributed by atoms with Gasteiger partial charge in [0.2, 0.25) is 0 Å². The van der Waals surface area contributed by atoms with Crippen LogP contribution in [0.15, 0.2) is 36.0 Å². The zero-order chi connectivity index (χ0) is 17.6. The molecule has 2 aromatic rings. The van der Waals surface area contributed by atoms with E-state index in [-0.39, 0.29) is 5.91 Å². The fourth-order valence-corrected chi connectivity index (χ4v) is 4.47. The summed E-state index contributed by atoms with van der Waals surface area (Å²) in [5.41, 5.74) is 4.26. The smallest absolute Gasteiger partial charge is 0.269 e. The van der Waals surface area contributed by atoms with Crippen LogP contribution >= 0.6 is 0 Å². The molecule has 1 fully saturated rings. The Hall–Kier alpha value is -2.30. The van der Waals surface area contributed by atoms with Gasteiger partial charge in [0.15, 0.2) is 0 Å². The number of amides is 1. The van der Waals surface area contributed by atoms with Crippen molar-refractivity contribution in [3.8, 4) is 11.4 Å². The van der Waals surface area contributed by atoms with Crippen LogP contribution in [0.1, 0.15) is 43.6 Å². The summed E-state index contributed by atoms with van der Waals surface area (Å²) in [6, 6.07) is 5.76. The molecule has 1 saturated carbocycles. The highest BCUT2D eigenvalue weighted by molar-refractivity contribution is 5.93. The topological polar surface area (TPSA) is 62.7 Å². The number of nitrogens with zero attached hydrogens (tertiary/aromatic N) is 2. The van der Waals surface area contributed by atoms with Gasteiger partial charge in [0.1, 0.15) is 11.4 Å². The van der Waals surface area contributed by atoms with Crippen molar-refractivity contribution in [1.29, 1.82) is 0 Å². The van der Waals surface area contributed by atoms with Crippen molar-refractivity contribution in [2.75, 3.05) is 6.54 Å². The lowest BCUT2D eigenvalue weighted by atomic mass is 9.48. The van der Waals surface area contributed by atoms with Gasteiger partial charge in [0.25, 0.3) is 5.91 Å². The predicted molar refractivity (Wildman–Crippen MR) is 98.0 cm³/mol. The number of aryl methyl sites for hydroxylation is 1. The van der Waals surface area contributed by atoms with E-state index in [0.29, 0.717) is 23.6 Å². The Morgan fingerprint density at radius 1 is 1.48 bits per heavy atom. The summed E-state index contributed by atoms with van der Waals surface area (Å²) in [6.07, 6.45) is 7.85. The second kappa shape index (κ2) is 5.90. The minimum absolute atomic E-state index is 0.0879. The Balaban J connectivity index is 1.34. The van der Waals surface area contributed by atoms with Crippen LogP contribution in [0, 0.1) is 17.3 Å². The monoisotopic (exact) mass is 338 g/mol. The molecule has 3 aliphatic rings. The van der Waals surface area contributed by atoms with Gasteiger partial charge in [-0.3, -0.25) is 9.89 Å². The third-order valence-corrected chi connectivity index (χ3v) is 6.31. The van der Waals surface area contributed by atoms with E-state index in [4.69, 9.17) is 0 Å². The number of aromatic nitrogens is 3. The molecular formula is C20H26N4O. The van der Waals surface area contributed by atoms with Gasteiger partial charge in [-0.1, -0.05) is 25.5 Å². The van der Waals surface area contributed by atoms with Crippen molar-refractivity contribution in [3.05, 3.63) is 41.7 Å². The second-order valence-electron chi connectivity index (χ2n) is 8.00. The lowest BCUT2D eigenvalue weighted by Crippen LogP contribution is -2.48. The molecule has 2 aromatic heterocycles. The molecule has 3 aliphatic carbocycles. The first-order valence-electron chi connectivity index (χ1n) is 9.11. The summed E-state index contributed by atoms with van der Waals surface area (Å²) in [7, 11) is 1.97. The summed E-state index contributed by atoms with van der Waals surface area (Å²) >= 11 is 0. The number of carbonyl (C=O) groups is 1. The molecule has 2 N–H and O–H groups in total.